The summed E-state index contributed by atoms with van der Waals surface area (Å²) in [4.78, 5) is 26.2. The summed E-state index contributed by atoms with van der Waals surface area (Å²) >= 11 is 5.66. The van der Waals surface area contributed by atoms with Gasteiger partial charge in [0.1, 0.15) is 11.5 Å². The molecule has 2 atom stereocenters. The highest BCUT2D eigenvalue weighted by Gasteiger charge is 2.60. The lowest BCUT2D eigenvalue weighted by Crippen LogP contribution is -2.46. The zero-order valence-electron chi connectivity index (χ0n) is 17.2. The van der Waals surface area contributed by atoms with Crippen LogP contribution in [-0.2, 0) is 19.1 Å². The van der Waals surface area contributed by atoms with Crippen LogP contribution >= 0.6 is 24.4 Å². The Balaban J connectivity index is 2.08. The Bertz CT molecular complexity index is 986. The van der Waals surface area contributed by atoms with Crippen LogP contribution < -0.4 is 9.47 Å². The summed E-state index contributed by atoms with van der Waals surface area (Å²) in [6.45, 7) is 1.70. The van der Waals surface area contributed by atoms with Crippen molar-refractivity contribution in [2.45, 2.75) is 22.7 Å². The molecule has 3 rings (SSSR count). The molecule has 7 nitrogen and oxygen atoms in total. The molecular formula is C22H22O7S2. The number of methoxy groups -OCH3 is 2. The third-order valence-corrected chi connectivity index (χ3v) is 6.54. The quantitative estimate of drug-likeness (QED) is 0.448. The van der Waals surface area contributed by atoms with E-state index in [0.717, 1.165) is 11.8 Å². The zero-order valence-corrected chi connectivity index (χ0v) is 18.9. The Morgan fingerprint density at radius 1 is 1.10 bits per heavy atom. The van der Waals surface area contributed by atoms with Gasteiger partial charge in [-0.05, 0) is 48.9 Å². The van der Waals surface area contributed by atoms with Crippen LogP contribution in [-0.4, -0.2) is 43.5 Å². The van der Waals surface area contributed by atoms with E-state index in [1.54, 1.807) is 62.6 Å². The van der Waals surface area contributed by atoms with E-state index < -0.39 is 28.5 Å². The lowest BCUT2D eigenvalue weighted by molar-refractivity contribution is -0.172. The van der Waals surface area contributed by atoms with Crippen molar-refractivity contribution in [1.82, 2.24) is 0 Å². The minimum Gasteiger partial charge on any atom is -0.501 e. The van der Waals surface area contributed by atoms with Crippen molar-refractivity contribution < 1.29 is 33.6 Å². The van der Waals surface area contributed by atoms with Crippen LogP contribution in [0.3, 0.4) is 0 Å². The van der Waals surface area contributed by atoms with Gasteiger partial charge < -0.3 is 24.1 Å². The number of carbonyl (C=O) groups excluding carboxylic acids is 2. The first-order valence-electron chi connectivity index (χ1n) is 9.35. The van der Waals surface area contributed by atoms with Gasteiger partial charge in [0.25, 0.3) is 5.60 Å². The van der Waals surface area contributed by atoms with E-state index in [-0.39, 0.29) is 11.5 Å². The molecule has 9 heteroatoms. The second-order valence-electron chi connectivity index (χ2n) is 6.48. The Morgan fingerprint density at radius 3 is 2.16 bits per heavy atom. The van der Waals surface area contributed by atoms with Crippen molar-refractivity contribution in [1.29, 1.82) is 0 Å². The van der Waals surface area contributed by atoms with E-state index >= 15 is 0 Å². The van der Waals surface area contributed by atoms with Crippen molar-refractivity contribution in [3.63, 3.8) is 0 Å². The highest BCUT2D eigenvalue weighted by molar-refractivity contribution is 8.03. The van der Waals surface area contributed by atoms with Crippen LogP contribution in [0.5, 0.6) is 11.5 Å². The first-order chi connectivity index (χ1) is 14.9. The topological polar surface area (TPSA) is 91.3 Å². The average Bonchev–Trinajstić information content (AvgIpc) is 3.05. The van der Waals surface area contributed by atoms with Crippen molar-refractivity contribution >= 4 is 36.3 Å². The fraction of sp³-hybridized carbons (Fsp3) is 0.273. The van der Waals surface area contributed by atoms with Crippen LogP contribution in [0.15, 0.2) is 64.1 Å². The van der Waals surface area contributed by atoms with Gasteiger partial charge in [0.15, 0.2) is 0 Å². The Hall–Kier alpha value is -2.78. The number of aliphatic hydroxyl groups is 1. The number of thioether (sulfide) groups is 1. The van der Waals surface area contributed by atoms with E-state index in [0.29, 0.717) is 22.0 Å². The van der Waals surface area contributed by atoms with Gasteiger partial charge in [0.05, 0.1) is 31.0 Å². The van der Waals surface area contributed by atoms with Crippen LogP contribution in [0.4, 0.5) is 0 Å². The first kappa shape index (κ1) is 22.9. The lowest BCUT2D eigenvalue weighted by atomic mass is 9.93. The molecule has 1 heterocycles. The molecule has 2 unspecified atom stereocenters. The van der Waals surface area contributed by atoms with Gasteiger partial charge in [0, 0.05) is 4.90 Å². The van der Waals surface area contributed by atoms with Gasteiger partial charge in [-0.2, -0.15) is 12.6 Å². The van der Waals surface area contributed by atoms with Gasteiger partial charge in [-0.25, -0.2) is 9.59 Å². The molecular weight excluding hydrogens is 440 g/mol. The predicted octanol–water partition coefficient (Wildman–Crippen LogP) is 4.10. The second-order valence-corrected chi connectivity index (χ2v) is 8.08. The monoisotopic (exact) mass is 462 g/mol. The molecule has 1 aliphatic heterocycles. The van der Waals surface area contributed by atoms with Gasteiger partial charge in [-0.1, -0.05) is 23.9 Å². The lowest BCUT2D eigenvalue weighted by Gasteiger charge is -2.33. The molecule has 0 fully saturated rings. The third kappa shape index (κ3) is 4.33. The maximum atomic E-state index is 13.1. The number of carbonyl (C=O) groups is 2. The minimum absolute atomic E-state index is 0.0111. The van der Waals surface area contributed by atoms with Gasteiger partial charge in [0.2, 0.25) is 5.76 Å². The van der Waals surface area contributed by atoms with Crippen LogP contribution in [0.2, 0.25) is 0 Å². The highest BCUT2D eigenvalue weighted by atomic mass is 32.2. The summed E-state index contributed by atoms with van der Waals surface area (Å²) in [7, 11) is 3.09. The molecule has 31 heavy (non-hydrogen) atoms. The van der Waals surface area contributed by atoms with E-state index in [4.69, 9.17) is 18.9 Å². The molecule has 0 radical (unpaired) electrons. The third-order valence-electron chi connectivity index (χ3n) is 4.67. The molecule has 1 N–H and O–H groups in total. The van der Waals surface area contributed by atoms with Gasteiger partial charge >= 0.3 is 11.9 Å². The second kappa shape index (κ2) is 9.57. The molecule has 0 saturated carbocycles. The maximum Gasteiger partial charge on any atom is 0.375 e. The standard InChI is InChI=1S/C22H22O7S2/c1-4-28-21(25)22(18(30)13-5-7-14(26-2)8-6-13)19(17(23)20(24)29-22)31-16-11-9-15(27-3)10-12-16/h5-12,18,23,30H,4H2,1-3H3. The smallest absolute Gasteiger partial charge is 0.375 e. The molecule has 2 aromatic rings. The van der Waals surface area contributed by atoms with Crippen LogP contribution in [0, 0.1) is 0 Å². The van der Waals surface area contributed by atoms with E-state index in [1.165, 1.54) is 7.11 Å². The molecule has 1 aliphatic rings. The number of aliphatic hydroxyl groups excluding tert-OH is 1. The summed E-state index contributed by atoms with van der Waals surface area (Å²) in [5, 5.41) is 9.60. The fourth-order valence-electron chi connectivity index (χ4n) is 3.08. The Morgan fingerprint density at radius 2 is 1.65 bits per heavy atom. The highest BCUT2D eigenvalue weighted by Crippen LogP contribution is 2.52. The maximum absolute atomic E-state index is 13.1. The van der Waals surface area contributed by atoms with Crippen molar-refractivity contribution in [3.05, 3.63) is 64.8 Å². The normalized spacial score (nSPS) is 19.0. The number of hydrogen-bond acceptors (Lipinski definition) is 9. The van der Waals surface area contributed by atoms with Gasteiger partial charge in [-0.15, -0.1) is 0 Å². The van der Waals surface area contributed by atoms with E-state index in [1.807, 2.05) is 0 Å². The summed E-state index contributed by atoms with van der Waals surface area (Å²) in [6.07, 6.45) is 0. The average molecular weight is 463 g/mol. The summed E-state index contributed by atoms with van der Waals surface area (Å²) in [5.41, 5.74) is -1.38. The molecule has 0 bridgehead atoms. The number of ether oxygens (including phenoxy) is 4. The number of benzene rings is 2. The molecule has 0 spiro atoms. The predicted molar refractivity (Wildman–Crippen MR) is 119 cm³/mol. The zero-order chi connectivity index (χ0) is 22.6. The molecule has 0 aliphatic carbocycles. The van der Waals surface area contributed by atoms with E-state index in [9.17, 15) is 14.7 Å². The number of cyclic esters (lactones) is 1. The SMILES string of the molecule is CCOC(=O)C1(C(S)c2ccc(OC)cc2)OC(=O)C(O)=C1Sc1ccc(OC)cc1. The van der Waals surface area contributed by atoms with Crippen molar-refractivity contribution in [3.8, 4) is 11.5 Å². The fourth-order valence-corrected chi connectivity index (χ4v) is 4.71. The van der Waals surface area contributed by atoms with E-state index in [2.05, 4.69) is 12.6 Å². The molecule has 0 saturated heterocycles. The largest absolute Gasteiger partial charge is 0.501 e. The molecule has 0 aromatic heterocycles. The number of rotatable bonds is 8. The van der Waals surface area contributed by atoms with Crippen LogP contribution in [0.25, 0.3) is 0 Å². The molecule has 164 valence electrons. The van der Waals surface area contributed by atoms with Crippen molar-refractivity contribution in [2.24, 2.45) is 0 Å². The minimum atomic E-state index is -1.96. The Labute approximate surface area is 189 Å². The molecule has 0 amide bonds. The van der Waals surface area contributed by atoms with Crippen molar-refractivity contribution in [2.75, 3.05) is 20.8 Å². The Kier molecular flexibility index (Phi) is 7.07. The first-order valence-corrected chi connectivity index (χ1v) is 10.7. The summed E-state index contributed by atoms with van der Waals surface area (Å²) in [6, 6.07) is 13.7. The van der Waals surface area contributed by atoms with Crippen LogP contribution in [0.1, 0.15) is 17.7 Å². The summed E-state index contributed by atoms with van der Waals surface area (Å²) < 4.78 is 21.1. The summed E-state index contributed by atoms with van der Waals surface area (Å²) in [5.74, 6) is -1.23. The molecule has 2 aromatic carbocycles. The number of thiol groups is 1. The van der Waals surface area contributed by atoms with Gasteiger partial charge in [-0.3, -0.25) is 0 Å². The number of hydrogen-bond donors (Lipinski definition) is 2. The number of esters is 2.